The molecule has 1 aromatic carbocycles. The number of benzene rings is 1. The van der Waals surface area contributed by atoms with Gasteiger partial charge in [0, 0.05) is 17.1 Å². The first-order valence-electron chi connectivity index (χ1n) is 6.80. The lowest BCUT2D eigenvalue weighted by Gasteiger charge is -2.33. The minimum Gasteiger partial charge on any atom is -0.389 e. The van der Waals surface area contributed by atoms with Crippen molar-refractivity contribution in [1.82, 2.24) is 5.32 Å². The van der Waals surface area contributed by atoms with Crippen molar-refractivity contribution in [3.8, 4) is 0 Å². The average Bonchev–Trinajstić information content (AvgIpc) is 2.37. The summed E-state index contributed by atoms with van der Waals surface area (Å²) in [6.45, 7) is 2.84. The second kappa shape index (κ2) is 6.18. The monoisotopic (exact) mass is 311 g/mol. The van der Waals surface area contributed by atoms with Crippen molar-refractivity contribution in [2.75, 3.05) is 6.54 Å². The molecule has 1 aromatic rings. The van der Waals surface area contributed by atoms with Crippen molar-refractivity contribution in [3.05, 3.63) is 34.3 Å². The van der Waals surface area contributed by atoms with E-state index in [9.17, 15) is 5.11 Å². The van der Waals surface area contributed by atoms with Crippen LogP contribution in [0.1, 0.15) is 50.6 Å². The number of hydrogen-bond donors (Lipinski definition) is 2. The molecule has 1 saturated carbocycles. The van der Waals surface area contributed by atoms with Crippen molar-refractivity contribution in [2.45, 2.75) is 50.7 Å². The van der Waals surface area contributed by atoms with Crippen LogP contribution in [-0.4, -0.2) is 17.3 Å². The van der Waals surface area contributed by atoms with E-state index in [1.165, 1.54) is 12.0 Å². The third-order valence-electron chi connectivity index (χ3n) is 3.87. The summed E-state index contributed by atoms with van der Waals surface area (Å²) >= 11 is 3.49. The number of hydrogen-bond acceptors (Lipinski definition) is 2. The van der Waals surface area contributed by atoms with Crippen LogP contribution in [0.4, 0.5) is 0 Å². The Morgan fingerprint density at radius 2 is 2.06 bits per heavy atom. The standard InChI is InChI=1S/C15H22BrNO/c1-12(13-6-5-7-14(16)10-13)17-11-15(18)8-3-2-4-9-15/h5-7,10,12,17-18H,2-4,8-9,11H2,1H3. The number of aliphatic hydroxyl groups is 1. The van der Waals surface area contributed by atoms with Gasteiger partial charge >= 0.3 is 0 Å². The highest BCUT2D eigenvalue weighted by Crippen LogP contribution is 2.28. The summed E-state index contributed by atoms with van der Waals surface area (Å²) in [5, 5.41) is 13.9. The number of rotatable bonds is 4. The van der Waals surface area contributed by atoms with Crippen molar-refractivity contribution in [2.24, 2.45) is 0 Å². The lowest BCUT2D eigenvalue weighted by atomic mass is 9.84. The minimum atomic E-state index is -0.488. The summed E-state index contributed by atoms with van der Waals surface area (Å²) in [4.78, 5) is 0. The molecular weight excluding hydrogens is 290 g/mol. The molecular formula is C15H22BrNO. The fourth-order valence-electron chi connectivity index (χ4n) is 2.62. The molecule has 3 heteroatoms. The molecule has 0 aromatic heterocycles. The Balaban J connectivity index is 1.89. The Labute approximate surface area is 118 Å². The van der Waals surface area contributed by atoms with Crippen LogP contribution in [-0.2, 0) is 0 Å². The van der Waals surface area contributed by atoms with Crippen LogP contribution < -0.4 is 5.32 Å². The molecule has 0 radical (unpaired) electrons. The van der Waals surface area contributed by atoms with E-state index in [1.54, 1.807) is 0 Å². The Bertz CT molecular complexity index is 388. The molecule has 0 amide bonds. The zero-order chi connectivity index (χ0) is 13.0. The summed E-state index contributed by atoms with van der Waals surface area (Å²) in [6, 6.07) is 8.60. The molecule has 1 atom stereocenters. The predicted molar refractivity (Wildman–Crippen MR) is 78.6 cm³/mol. The van der Waals surface area contributed by atoms with Gasteiger partial charge in [-0.05, 0) is 37.5 Å². The van der Waals surface area contributed by atoms with Crippen LogP contribution in [0.15, 0.2) is 28.7 Å². The highest BCUT2D eigenvalue weighted by atomic mass is 79.9. The molecule has 2 N–H and O–H groups in total. The second-order valence-corrected chi connectivity index (χ2v) is 6.36. The summed E-state index contributed by atoms with van der Waals surface area (Å²) in [5.74, 6) is 0. The lowest BCUT2D eigenvalue weighted by Crippen LogP contribution is -2.42. The third kappa shape index (κ3) is 3.81. The van der Waals surface area contributed by atoms with E-state index in [-0.39, 0.29) is 6.04 Å². The molecule has 1 aliphatic rings. The van der Waals surface area contributed by atoms with Crippen LogP contribution in [0.25, 0.3) is 0 Å². The number of halogens is 1. The normalized spacial score (nSPS) is 20.6. The average molecular weight is 312 g/mol. The summed E-state index contributed by atoms with van der Waals surface area (Å²) < 4.78 is 1.10. The molecule has 1 aliphatic carbocycles. The number of nitrogens with one attached hydrogen (secondary N) is 1. The van der Waals surface area contributed by atoms with E-state index in [2.05, 4.69) is 40.3 Å². The highest BCUT2D eigenvalue weighted by molar-refractivity contribution is 9.10. The molecule has 2 rings (SSSR count). The fraction of sp³-hybridized carbons (Fsp3) is 0.600. The van der Waals surface area contributed by atoms with Crippen LogP contribution >= 0.6 is 15.9 Å². The Hall–Kier alpha value is -0.380. The van der Waals surface area contributed by atoms with E-state index in [0.717, 1.165) is 30.2 Å². The molecule has 0 spiro atoms. The van der Waals surface area contributed by atoms with E-state index in [0.29, 0.717) is 6.54 Å². The van der Waals surface area contributed by atoms with Gasteiger partial charge in [0.15, 0.2) is 0 Å². The molecule has 2 nitrogen and oxygen atoms in total. The molecule has 0 saturated heterocycles. The van der Waals surface area contributed by atoms with Gasteiger partial charge in [-0.25, -0.2) is 0 Å². The smallest absolute Gasteiger partial charge is 0.0771 e. The lowest BCUT2D eigenvalue weighted by molar-refractivity contribution is 0.00300. The maximum Gasteiger partial charge on any atom is 0.0771 e. The Morgan fingerprint density at radius 3 is 2.72 bits per heavy atom. The largest absolute Gasteiger partial charge is 0.389 e. The summed E-state index contributed by atoms with van der Waals surface area (Å²) in [7, 11) is 0. The maximum atomic E-state index is 10.4. The van der Waals surface area contributed by atoms with E-state index in [4.69, 9.17) is 0 Å². The van der Waals surface area contributed by atoms with Crippen LogP contribution in [0.2, 0.25) is 0 Å². The topological polar surface area (TPSA) is 32.3 Å². The van der Waals surface area contributed by atoms with Crippen LogP contribution in [0.3, 0.4) is 0 Å². The molecule has 100 valence electrons. The molecule has 0 aliphatic heterocycles. The van der Waals surface area contributed by atoms with E-state index in [1.807, 2.05) is 12.1 Å². The van der Waals surface area contributed by atoms with Crippen molar-refractivity contribution in [1.29, 1.82) is 0 Å². The minimum absolute atomic E-state index is 0.272. The van der Waals surface area contributed by atoms with Gasteiger partial charge in [0.2, 0.25) is 0 Å². The van der Waals surface area contributed by atoms with Gasteiger partial charge in [-0.2, -0.15) is 0 Å². The SMILES string of the molecule is CC(NCC1(O)CCCCC1)c1cccc(Br)c1. The van der Waals surface area contributed by atoms with Crippen molar-refractivity contribution >= 4 is 15.9 Å². The zero-order valence-corrected chi connectivity index (χ0v) is 12.5. The highest BCUT2D eigenvalue weighted by Gasteiger charge is 2.29. The van der Waals surface area contributed by atoms with Crippen LogP contribution in [0, 0.1) is 0 Å². The fourth-order valence-corrected chi connectivity index (χ4v) is 3.04. The Morgan fingerprint density at radius 1 is 1.33 bits per heavy atom. The first-order valence-corrected chi connectivity index (χ1v) is 7.60. The molecule has 1 unspecified atom stereocenters. The van der Waals surface area contributed by atoms with Crippen LogP contribution in [0.5, 0.6) is 0 Å². The molecule has 0 bridgehead atoms. The first kappa shape index (κ1) is 14.0. The second-order valence-electron chi connectivity index (χ2n) is 5.44. The maximum absolute atomic E-state index is 10.4. The van der Waals surface area contributed by atoms with Gasteiger partial charge < -0.3 is 10.4 Å². The predicted octanol–water partition coefficient (Wildman–Crippen LogP) is 3.79. The quantitative estimate of drug-likeness (QED) is 0.886. The molecule has 18 heavy (non-hydrogen) atoms. The van der Waals surface area contributed by atoms with Gasteiger partial charge in [0.1, 0.15) is 0 Å². The first-order chi connectivity index (χ1) is 8.59. The Kier molecular flexibility index (Phi) is 4.82. The zero-order valence-electron chi connectivity index (χ0n) is 11.0. The molecule has 0 heterocycles. The summed E-state index contributed by atoms with van der Waals surface area (Å²) in [6.07, 6.45) is 5.45. The van der Waals surface area contributed by atoms with E-state index >= 15 is 0 Å². The van der Waals surface area contributed by atoms with Crippen molar-refractivity contribution in [3.63, 3.8) is 0 Å². The van der Waals surface area contributed by atoms with Gasteiger partial charge in [-0.15, -0.1) is 0 Å². The van der Waals surface area contributed by atoms with Gasteiger partial charge in [-0.1, -0.05) is 47.3 Å². The third-order valence-corrected chi connectivity index (χ3v) is 4.36. The molecule has 1 fully saturated rings. The summed E-state index contributed by atoms with van der Waals surface area (Å²) in [5.41, 5.74) is 0.766. The van der Waals surface area contributed by atoms with Crippen molar-refractivity contribution < 1.29 is 5.11 Å². The van der Waals surface area contributed by atoms with Gasteiger partial charge in [0.25, 0.3) is 0 Å². The van der Waals surface area contributed by atoms with Gasteiger partial charge in [0.05, 0.1) is 5.60 Å². The van der Waals surface area contributed by atoms with Gasteiger partial charge in [-0.3, -0.25) is 0 Å². The van der Waals surface area contributed by atoms with E-state index < -0.39 is 5.60 Å².